The van der Waals surface area contributed by atoms with Crippen LogP contribution >= 0.6 is 0 Å². The number of rotatable bonds is 6. The zero-order chi connectivity index (χ0) is 18.9. The molecule has 1 saturated carbocycles. The average Bonchev–Trinajstić information content (AvgIpc) is 3.40. The predicted octanol–water partition coefficient (Wildman–Crippen LogP) is 2.97. The number of halogens is 1. The molecule has 1 amide bonds. The fraction of sp³-hybridized carbons (Fsp3) is 0.333. The van der Waals surface area contributed by atoms with Gasteiger partial charge in [0.25, 0.3) is 5.91 Å². The van der Waals surface area contributed by atoms with Gasteiger partial charge in [-0.05, 0) is 56.0 Å². The van der Waals surface area contributed by atoms with E-state index in [2.05, 4.69) is 10.3 Å². The Kier molecular flexibility index (Phi) is 4.95. The van der Waals surface area contributed by atoms with Crippen LogP contribution in [-0.4, -0.2) is 32.2 Å². The van der Waals surface area contributed by atoms with E-state index in [-0.39, 0.29) is 39.4 Å². The number of hydrogen-bond acceptors (Lipinski definition) is 5. The van der Waals surface area contributed by atoms with Gasteiger partial charge in [0.15, 0.2) is 9.84 Å². The van der Waals surface area contributed by atoms with Crippen LogP contribution in [0.5, 0.6) is 5.75 Å². The molecule has 8 heteroatoms. The quantitative estimate of drug-likeness (QED) is 0.835. The van der Waals surface area contributed by atoms with E-state index in [9.17, 15) is 17.6 Å². The summed E-state index contributed by atoms with van der Waals surface area (Å²) in [5.41, 5.74) is 0.226. The highest BCUT2D eigenvalue weighted by Crippen LogP contribution is 2.33. The molecule has 0 atom stereocenters. The monoisotopic (exact) mass is 378 g/mol. The number of pyridine rings is 1. The summed E-state index contributed by atoms with van der Waals surface area (Å²) in [5.74, 6) is -0.365. The molecule has 1 aliphatic carbocycles. The van der Waals surface area contributed by atoms with Crippen LogP contribution in [0.2, 0.25) is 0 Å². The first kappa shape index (κ1) is 18.3. The number of amides is 1. The summed E-state index contributed by atoms with van der Waals surface area (Å²) in [6, 6.07) is 6.74. The third kappa shape index (κ3) is 4.01. The van der Waals surface area contributed by atoms with Crippen LogP contribution in [0.4, 0.5) is 10.2 Å². The molecule has 0 spiro atoms. The molecule has 1 N–H and O–H groups in total. The Hall–Kier alpha value is -2.48. The molecule has 0 unspecified atom stereocenters. The Morgan fingerprint density at radius 1 is 1.31 bits per heavy atom. The maximum absolute atomic E-state index is 13.3. The largest absolute Gasteiger partial charge is 0.496 e. The van der Waals surface area contributed by atoms with Gasteiger partial charge >= 0.3 is 0 Å². The zero-order valence-corrected chi connectivity index (χ0v) is 15.3. The highest BCUT2D eigenvalue weighted by Gasteiger charge is 2.30. The normalized spacial score (nSPS) is 14.1. The Morgan fingerprint density at radius 2 is 2.04 bits per heavy atom. The van der Waals surface area contributed by atoms with E-state index in [1.54, 1.807) is 0 Å². The number of anilines is 1. The standard InChI is InChI=1S/C18H19FN2O4S/c1-11-15(19)6-8-17(20-11)21-18(22)14-9-13(5-7-16(14)25-2)26(23,24)10-12-3-4-12/h5-9,12H,3-4,10H2,1-2H3,(H,20,21,22). The summed E-state index contributed by atoms with van der Waals surface area (Å²) in [7, 11) is -2.07. The van der Waals surface area contributed by atoms with Crippen molar-refractivity contribution in [2.45, 2.75) is 24.7 Å². The van der Waals surface area contributed by atoms with Gasteiger partial charge in [-0.1, -0.05) is 0 Å². The Labute approximate surface area is 151 Å². The molecule has 6 nitrogen and oxygen atoms in total. The number of sulfone groups is 1. The fourth-order valence-electron chi connectivity index (χ4n) is 2.55. The first-order chi connectivity index (χ1) is 12.3. The van der Waals surface area contributed by atoms with Gasteiger partial charge in [-0.3, -0.25) is 4.79 Å². The van der Waals surface area contributed by atoms with E-state index in [4.69, 9.17) is 4.74 Å². The molecule has 1 aliphatic rings. The maximum atomic E-state index is 13.3. The molecular formula is C18H19FN2O4S. The third-order valence-electron chi connectivity index (χ3n) is 4.19. The summed E-state index contributed by atoms with van der Waals surface area (Å²) in [5, 5.41) is 2.54. The Balaban J connectivity index is 1.90. The highest BCUT2D eigenvalue weighted by molar-refractivity contribution is 7.91. The van der Waals surface area contributed by atoms with Gasteiger partial charge < -0.3 is 10.1 Å². The lowest BCUT2D eigenvalue weighted by Crippen LogP contribution is -2.16. The van der Waals surface area contributed by atoms with E-state index in [1.807, 2.05) is 0 Å². The van der Waals surface area contributed by atoms with Crippen LogP contribution in [-0.2, 0) is 9.84 Å². The molecule has 26 heavy (non-hydrogen) atoms. The number of benzene rings is 1. The number of nitrogens with zero attached hydrogens (tertiary/aromatic N) is 1. The van der Waals surface area contributed by atoms with E-state index in [1.165, 1.54) is 44.4 Å². The minimum atomic E-state index is -3.46. The van der Waals surface area contributed by atoms with Crippen LogP contribution in [0.1, 0.15) is 28.9 Å². The van der Waals surface area contributed by atoms with Crippen molar-refractivity contribution in [2.75, 3.05) is 18.2 Å². The van der Waals surface area contributed by atoms with Crippen molar-refractivity contribution in [2.24, 2.45) is 5.92 Å². The molecule has 1 aromatic heterocycles. The smallest absolute Gasteiger partial charge is 0.260 e. The fourth-order valence-corrected chi connectivity index (χ4v) is 4.27. The second-order valence-corrected chi connectivity index (χ2v) is 8.34. The molecule has 0 aliphatic heterocycles. The SMILES string of the molecule is COc1ccc(S(=O)(=O)CC2CC2)cc1C(=O)Nc1ccc(F)c(C)n1. The molecule has 2 aromatic rings. The number of aromatic nitrogens is 1. The summed E-state index contributed by atoms with van der Waals surface area (Å²) in [6.45, 7) is 1.48. The molecule has 138 valence electrons. The Bertz CT molecular complexity index is 956. The number of nitrogens with one attached hydrogen (secondary N) is 1. The van der Waals surface area contributed by atoms with Crippen molar-refractivity contribution in [3.8, 4) is 5.75 Å². The van der Waals surface area contributed by atoms with E-state index >= 15 is 0 Å². The average molecular weight is 378 g/mol. The van der Waals surface area contributed by atoms with Gasteiger partial charge in [-0.15, -0.1) is 0 Å². The van der Waals surface area contributed by atoms with Crippen molar-refractivity contribution in [1.82, 2.24) is 4.98 Å². The van der Waals surface area contributed by atoms with Crippen LogP contribution in [0.25, 0.3) is 0 Å². The molecule has 1 fully saturated rings. The molecule has 0 radical (unpaired) electrons. The highest BCUT2D eigenvalue weighted by atomic mass is 32.2. The molecular weight excluding hydrogens is 359 g/mol. The predicted molar refractivity (Wildman–Crippen MR) is 94.7 cm³/mol. The second kappa shape index (κ2) is 7.03. The van der Waals surface area contributed by atoms with Crippen LogP contribution in [0.3, 0.4) is 0 Å². The molecule has 1 aromatic carbocycles. The van der Waals surface area contributed by atoms with Crippen LogP contribution in [0.15, 0.2) is 35.2 Å². The van der Waals surface area contributed by atoms with E-state index < -0.39 is 21.6 Å². The molecule has 1 heterocycles. The summed E-state index contributed by atoms with van der Waals surface area (Å²) in [6.07, 6.45) is 1.83. The molecule has 0 bridgehead atoms. The number of hydrogen-bond donors (Lipinski definition) is 1. The number of aryl methyl sites for hydroxylation is 1. The van der Waals surface area contributed by atoms with Gasteiger partial charge in [0.05, 0.1) is 29.0 Å². The maximum Gasteiger partial charge on any atom is 0.260 e. The van der Waals surface area contributed by atoms with E-state index in [0.29, 0.717) is 0 Å². The van der Waals surface area contributed by atoms with Crippen molar-refractivity contribution in [3.63, 3.8) is 0 Å². The van der Waals surface area contributed by atoms with Crippen LogP contribution in [0, 0.1) is 18.7 Å². The summed E-state index contributed by atoms with van der Waals surface area (Å²) >= 11 is 0. The first-order valence-electron chi connectivity index (χ1n) is 8.15. The number of ether oxygens (including phenoxy) is 1. The minimum Gasteiger partial charge on any atom is -0.496 e. The van der Waals surface area contributed by atoms with Gasteiger partial charge in [-0.25, -0.2) is 17.8 Å². The van der Waals surface area contributed by atoms with Crippen molar-refractivity contribution in [1.29, 1.82) is 0 Å². The molecule has 3 rings (SSSR count). The lowest BCUT2D eigenvalue weighted by atomic mass is 10.2. The summed E-state index contributed by atoms with van der Waals surface area (Å²) < 4.78 is 43.4. The number of methoxy groups -OCH3 is 1. The Morgan fingerprint density at radius 3 is 2.65 bits per heavy atom. The van der Waals surface area contributed by atoms with Gasteiger partial charge in [0.1, 0.15) is 17.4 Å². The number of carbonyl (C=O) groups is 1. The van der Waals surface area contributed by atoms with Crippen molar-refractivity contribution in [3.05, 3.63) is 47.4 Å². The zero-order valence-electron chi connectivity index (χ0n) is 14.5. The number of carbonyl (C=O) groups excluding carboxylic acids is 1. The lowest BCUT2D eigenvalue weighted by molar-refractivity contribution is 0.102. The lowest BCUT2D eigenvalue weighted by Gasteiger charge is -2.12. The van der Waals surface area contributed by atoms with Gasteiger partial charge in [0.2, 0.25) is 0 Å². The van der Waals surface area contributed by atoms with Crippen LogP contribution < -0.4 is 10.1 Å². The van der Waals surface area contributed by atoms with Crippen molar-refractivity contribution >= 4 is 21.6 Å². The van der Waals surface area contributed by atoms with E-state index in [0.717, 1.165) is 12.8 Å². The first-order valence-corrected chi connectivity index (χ1v) is 9.80. The van der Waals surface area contributed by atoms with Gasteiger partial charge in [0, 0.05) is 0 Å². The van der Waals surface area contributed by atoms with Gasteiger partial charge in [-0.2, -0.15) is 0 Å². The minimum absolute atomic E-state index is 0.0770. The summed E-state index contributed by atoms with van der Waals surface area (Å²) in [4.78, 5) is 16.6. The second-order valence-electron chi connectivity index (χ2n) is 6.30. The van der Waals surface area contributed by atoms with Crippen molar-refractivity contribution < 1.29 is 22.3 Å². The third-order valence-corrected chi connectivity index (χ3v) is 6.07. The topological polar surface area (TPSA) is 85.4 Å². The molecule has 0 saturated heterocycles.